The number of esters is 1. The zero-order valence-electron chi connectivity index (χ0n) is 25.6. The molecule has 5 rings (SSSR count). The molecule has 0 aliphatic carbocycles. The summed E-state index contributed by atoms with van der Waals surface area (Å²) in [6.07, 6.45) is 3.53. The number of benzene rings is 3. The Hall–Kier alpha value is -4.16. The summed E-state index contributed by atoms with van der Waals surface area (Å²) in [5, 5.41) is 6.42. The first-order valence-electron chi connectivity index (χ1n) is 15.4. The van der Waals surface area contributed by atoms with Gasteiger partial charge in [0.1, 0.15) is 0 Å². The van der Waals surface area contributed by atoms with Gasteiger partial charge in [0, 0.05) is 34.8 Å². The van der Waals surface area contributed by atoms with Crippen molar-refractivity contribution in [2.75, 3.05) is 33.3 Å². The van der Waals surface area contributed by atoms with Gasteiger partial charge in [-0.05, 0) is 75.9 Å². The zero-order valence-corrected chi connectivity index (χ0v) is 25.6. The fourth-order valence-electron chi connectivity index (χ4n) is 6.89. The standard InChI is InChI=1S/C37H43N3O3/c1-27-33(32(26-29-14-7-4-8-15-29)34(28(2)39-27)36(42)43-3)35(41)38-22-13-23-40-24-20-37(21-25-40,30-16-9-5-10-17-30)31-18-11-6-12-19-31/h4-12,14-19,32,39H,13,20-26H2,1-3H3,(H,38,41). The van der Waals surface area contributed by atoms with Crippen LogP contribution in [0.15, 0.2) is 114 Å². The smallest absolute Gasteiger partial charge is 0.336 e. The number of ether oxygens (including phenoxy) is 1. The highest BCUT2D eigenvalue weighted by molar-refractivity contribution is 6.00. The Morgan fingerprint density at radius 1 is 0.837 bits per heavy atom. The molecule has 0 aromatic heterocycles. The monoisotopic (exact) mass is 577 g/mol. The van der Waals surface area contributed by atoms with Crippen molar-refractivity contribution in [1.82, 2.24) is 15.5 Å². The Balaban J connectivity index is 1.20. The fraction of sp³-hybridized carbons (Fsp3) is 0.351. The van der Waals surface area contributed by atoms with E-state index in [2.05, 4.69) is 76.2 Å². The fourth-order valence-corrected chi connectivity index (χ4v) is 6.89. The maximum atomic E-state index is 13.6. The van der Waals surface area contributed by atoms with Crippen LogP contribution in [0.1, 0.15) is 49.8 Å². The molecule has 1 amide bonds. The number of rotatable bonds is 10. The molecule has 0 spiro atoms. The lowest BCUT2D eigenvalue weighted by Gasteiger charge is -2.43. The summed E-state index contributed by atoms with van der Waals surface area (Å²) < 4.78 is 5.13. The molecule has 3 aromatic carbocycles. The van der Waals surface area contributed by atoms with Gasteiger partial charge < -0.3 is 20.3 Å². The van der Waals surface area contributed by atoms with E-state index in [4.69, 9.17) is 4.74 Å². The molecule has 2 heterocycles. The zero-order chi connectivity index (χ0) is 30.2. The molecule has 224 valence electrons. The van der Waals surface area contributed by atoms with Gasteiger partial charge in [-0.1, -0.05) is 91.0 Å². The first kappa shape index (κ1) is 30.3. The lowest BCUT2D eigenvalue weighted by molar-refractivity contribution is -0.136. The summed E-state index contributed by atoms with van der Waals surface area (Å²) in [7, 11) is 1.39. The second-order valence-corrected chi connectivity index (χ2v) is 11.7. The number of dihydropyridines is 1. The van der Waals surface area contributed by atoms with E-state index in [-0.39, 0.29) is 17.2 Å². The Labute approximate surface area is 255 Å². The van der Waals surface area contributed by atoms with E-state index in [1.165, 1.54) is 18.2 Å². The van der Waals surface area contributed by atoms with E-state index in [1.54, 1.807) is 0 Å². The minimum Gasteiger partial charge on any atom is -0.466 e. The Bertz CT molecular complexity index is 1420. The molecule has 0 bridgehead atoms. The summed E-state index contributed by atoms with van der Waals surface area (Å²) in [6.45, 7) is 7.30. The first-order chi connectivity index (χ1) is 20.9. The molecular weight excluding hydrogens is 534 g/mol. The van der Waals surface area contributed by atoms with Crippen molar-refractivity contribution in [3.05, 3.63) is 130 Å². The van der Waals surface area contributed by atoms with Crippen molar-refractivity contribution in [3.8, 4) is 0 Å². The number of allylic oxidation sites excluding steroid dienone is 2. The lowest BCUT2D eigenvalue weighted by Crippen LogP contribution is -2.44. The number of amides is 1. The van der Waals surface area contributed by atoms with Crippen LogP contribution < -0.4 is 10.6 Å². The maximum absolute atomic E-state index is 13.6. The van der Waals surface area contributed by atoms with Crippen LogP contribution in [0, 0.1) is 5.92 Å². The average Bonchev–Trinajstić information content (AvgIpc) is 3.04. The third-order valence-corrected chi connectivity index (χ3v) is 9.11. The first-order valence-corrected chi connectivity index (χ1v) is 15.4. The summed E-state index contributed by atoms with van der Waals surface area (Å²) >= 11 is 0. The van der Waals surface area contributed by atoms with Gasteiger partial charge in [-0.2, -0.15) is 0 Å². The van der Waals surface area contributed by atoms with Gasteiger partial charge in [0.15, 0.2) is 0 Å². The third kappa shape index (κ3) is 6.75. The van der Waals surface area contributed by atoms with Crippen LogP contribution in [-0.4, -0.2) is 50.1 Å². The minimum absolute atomic E-state index is 0.0297. The normalized spacial score (nSPS) is 18.6. The predicted octanol–water partition coefficient (Wildman–Crippen LogP) is 5.76. The van der Waals surface area contributed by atoms with Crippen LogP contribution in [0.4, 0.5) is 0 Å². The van der Waals surface area contributed by atoms with Crippen molar-refractivity contribution < 1.29 is 14.3 Å². The Morgan fingerprint density at radius 3 is 1.93 bits per heavy atom. The van der Waals surface area contributed by atoms with Gasteiger partial charge in [-0.3, -0.25) is 4.79 Å². The van der Waals surface area contributed by atoms with E-state index in [1.807, 2.05) is 44.2 Å². The highest BCUT2D eigenvalue weighted by atomic mass is 16.5. The van der Waals surface area contributed by atoms with Crippen LogP contribution in [0.3, 0.4) is 0 Å². The molecule has 1 atom stereocenters. The van der Waals surface area contributed by atoms with Gasteiger partial charge >= 0.3 is 5.97 Å². The van der Waals surface area contributed by atoms with Gasteiger partial charge in [-0.15, -0.1) is 0 Å². The SMILES string of the molecule is COC(=O)C1=C(C)NC(C)=C(C(=O)NCCCN2CCC(c3ccccc3)(c3ccccc3)CC2)C1Cc1ccccc1. The lowest BCUT2D eigenvalue weighted by atomic mass is 9.68. The molecule has 6 nitrogen and oxygen atoms in total. The largest absolute Gasteiger partial charge is 0.466 e. The topological polar surface area (TPSA) is 70.7 Å². The van der Waals surface area contributed by atoms with Gasteiger partial charge in [0.05, 0.1) is 12.7 Å². The number of carbonyl (C=O) groups is 2. The predicted molar refractivity (Wildman–Crippen MR) is 171 cm³/mol. The van der Waals surface area contributed by atoms with Gasteiger partial charge in [0.2, 0.25) is 5.91 Å². The number of nitrogens with one attached hydrogen (secondary N) is 2. The quantitative estimate of drug-likeness (QED) is 0.237. The highest BCUT2D eigenvalue weighted by Crippen LogP contribution is 2.41. The molecule has 1 saturated heterocycles. The second kappa shape index (κ2) is 13.9. The van der Waals surface area contributed by atoms with Crippen molar-refractivity contribution in [2.45, 2.75) is 44.9 Å². The molecule has 2 N–H and O–H groups in total. The Morgan fingerprint density at radius 2 is 1.37 bits per heavy atom. The minimum atomic E-state index is -0.407. The number of hydrogen-bond acceptors (Lipinski definition) is 5. The van der Waals surface area contributed by atoms with Crippen LogP contribution in [-0.2, 0) is 26.2 Å². The number of methoxy groups -OCH3 is 1. The summed E-state index contributed by atoms with van der Waals surface area (Å²) in [5.74, 6) is -0.927. The molecule has 2 aliphatic rings. The molecule has 1 unspecified atom stereocenters. The molecule has 3 aromatic rings. The average molecular weight is 578 g/mol. The van der Waals surface area contributed by atoms with E-state index in [9.17, 15) is 9.59 Å². The highest BCUT2D eigenvalue weighted by Gasteiger charge is 2.38. The van der Waals surface area contributed by atoms with Crippen LogP contribution in [0.25, 0.3) is 0 Å². The van der Waals surface area contributed by atoms with Gasteiger partial charge in [0.25, 0.3) is 0 Å². The van der Waals surface area contributed by atoms with E-state index in [0.717, 1.165) is 55.9 Å². The number of hydrogen-bond donors (Lipinski definition) is 2. The molecule has 6 heteroatoms. The van der Waals surface area contributed by atoms with Crippen molar-refractivity contribution in [2.24, 2.45) is 5.92 Å². The van der Waals surface area contributed by atoms with E-state index in [0.29, 0.717) is 24.1 Å². The van der Waals surface area contributed by atoms with E-state index < -0.39 is 5.97 Å². The van der Waals surface area contributed by atoms with E-state index >= 15 is 0 Å². The summed E-state index contributed by atoms with van der Waals surface area (Å²) in [6, 6.07) is 31.8. The second-order valence-electron chi connectivity index (χ2n) is 11.7. The number of likely N-dealkylation sites (tertiary alicyclic amines) is 1. The molecule has 0 radical (unpaired) electrons. The molecule has 0 saturated carbocycles. The summed E-state index contributed by atoms with van der Waals surface area (Å²) in [4.78, 5) is 29.0. The number of nitrogens with zero attached hydrogens (tertiary/aromatic N) is 1. The Kier molecular flexibility index (Phi) is 9.78. The molecule has 1 fully saturated rings. The van der Waals surface area contributed by atoms with Crippen LogP contribution >= 0.6 is 0 Å². The molecular formula is C37H43N3O3. The summed E-state index contributed by atoms with van der Waals surface area (Å²) in [5.41, 5.74) is 6.49. The van der Waals surface area contributed by atoms with Crippen molar-refractivity contribution in [3.63, 3.8) is 0 Å². The van der Waals surface area contributed by atoms with Crippen LogP contribution in [0.5, 0.6) is 0 Å². The molecule has 2 aliphatic heterocycles. The third-order valence-electron chi connectivity index (χ3n) is 9.11. The van der Waals surface area contributed by atoms with Crippen molar-refractivity contribution >= 4 is 11.9 Å². The van der Waals surface area contributed by atoms with Crippen LogP contribution in [0.2, 0.25) is 0 Å². The van der Waals surface area contributed by atoms with Crippen molar-refractivity contribution in [1.29, 1.82) is 0 Å². The maximum Gasteiger partial charge on any atom is 0.336 e. The van der Waals surface area contributed by atoms with Gasteiger partial charge in [-0.25, -0.2) is 4.79 Å². The molecule has 43 heavy (non-hydrogen) atoms. The number of carbonyl (C=O) groups excluding carboxylic acids is 2. The number of piperidine rings is 1.